The zero-order chi connectivity index (χ0) is 12.3. The van der Waals surface area contributed by atoms with Gasteiger partial charge in [0, 0.05) is 6.54 Å². The highest BCUT2D eigenvalue weighted by Crippen LogP contribution is 2.34. The Morgan fingerprint density at radius 3 is 2.39 bits per heavy atom. The maximum atomic E-state index is 11.5. The van der Waals surface area contributed by atoms with Gasteiger partial charge in [-0.3, -0.25) is 4.79 Å². The molecule has 0 fully saturated rings. The lowest BCUT2D eigenvalue weighted by molar-refractivity contribution is -0.141. The van der Waals surface area contributed by atoms with Crippen LogP contribution in [0.25, 0.3) is 0 Å². The number of halogens is 1. The number of hydrogen-bond donors (Lipinski definition) is 0. The first-order valence-electron chi connectivity index (χ1n) is 6.00. The predicted octanol–water partition coefficient (Wildman–Crippen LogP) is 2.43. The van der Waals surface area contributed by atoms with Gasteiger partial charge < -0.3 is 14.5 Å². The molecule has 1 aromatic carbocycles. The van der Waals surface area contributed by atoms with Crippen LogP contribution in [0.5, 0.6) is 0 Å². The summed E-state index contributed by atoms with van der Waals surface area (Å²) in [4.78, 5) is 15.8. The number of esters is 1. The fourth-order valence-electron chi connectivity index (χ4n) is 2.13. The third-order valence-electron chi connectivity index (χ3n) is 2.91. The molecule has 0 aliphatic carbocycles. The van der Waals surface area contributed by atoms with E-state index in [0.717, 1.165) is 18.9 Å². The molecule has 0 N–H and O–H groups in total. The number of anilines is 2. The average molecular weight is 315 g/mol. The number of ether oxygens (including phenoxy) is 1. The van der Waals surface area contributed by atoms with Crippen LogP contribution in [0.3, 0.4) is 0 Å². The molecule has 0 atom stereocenters. The second-order valence-corrected chi connectivity index (χ2v) is 3.99. The van der Waals surface area contributed by atoms with Crippen molar-refractivity contribution >= 4 is 34.3 Å². The summed E-state index contributed by atoms with van der Waals surface area (Å²) in [7, 11) is 0. The monoisotopic (exact) mass is 314 g/mol. The Balaban J connectivity index is 0.00000162. The van der Waals surface area contributed by atoms with Gasteiger partial charge in [-0.15, -0.1) is 17.0 Å². The van der Waals surface area contributed by atoms with Crippen molar-refractivity contribution in [2.45, 2.75) is 13.8 Å². The van der Waals surface area contributed by atoms with Crippen LogP contribution in [0.4, 0.5) is 11.4 Å². The van der Waals surface area contributed by atoms with Gasteiger partial charge >= 0.3 is 5.97 Å². The summed E-state index contributed by atoms with van der Waals surface area (Å²) >= 11 is 0. The lowest BCUT2D eigenvalue weighted by atomic mass is 10.2. The van der Waals surface area contributed by atoms with Gasteiger partial charge in [0.25, 0.3) is 0 Å². The molecule has 0 amide bonds. The molecule has 0 bridgehead atoms. The van der Waals surface area contributed by atoms with E-state index in [1.165, 1.54) is 5.69 Å². The molecule has 2 rings (SSSR count). The molecule has 0 saturated heterocycles. The van der Waals surface area contributed by atoms with Crippen molar-refractivity contribution in [2.75, 3.05) is 36.2 Å². The molecule has 1 aliphatic heterocycles. The van der Waals surface area contributed by atoms with Gasteiger partial charge in [0.15, 0.2) is 0 Å². The van der Waals surface area contributed by atoms with E-state index in [9.17, 15) is 4.79 Å². The number of fused-ring (bicyclic) bond motifs is 1. The Kier molecular flexibility index (Phi) is 5.47. The molecule has 0 saturated carbocycles. The Bertz CT molecular complexity index is 412. The van der Waals surface area contributed by atoms with E-state index in [2.05, 4.69) is 22.8 Å². The summed E-state index contributed by atoms with van der Waals surface area (Å²) in [6.45, 7) is 6.40. The lowest BCUT2D eigenvalue weighted by Crippen LogP contribution is -2.35. The normalized spacial score (nSPS) is 13.0. The second-order valence-electron chi connectivity index (χ2n) is 3.99. The Hall–Kier alpha value is -1.23. The summed E-state index contributed by atoms with van der Waals surface area (Å²) in [5, 5.41) is 0. The first-order chi connectivity index (χ1) is 8.26. The Labute approximate surface area is 118 Å². The summed E-state index contributed by atoms with van der Waals surface area (Å²) in [6.07, 6.45) is 0. The van der Waals surface area contributed by atoms with Gasteiger partial charge in [-0.25, -0.2) is 0 Å². The zero-order valence-electron chi connectivity index (χ0n) is 10.8. The maximum Gasteiger partial charge on any atom is 0.325 e. The maximum absolute atomic E-state index is 11.5. The summed E-state index contributed by atoms with van der Waals surface area (Å²) < 4.78 is 4.99. The number of nitrogens with zero attached hydrogens (tertiary/aromatic N) is 2. The largest absolute Gasteiger partial charge is 0.465 e. The fourth-order valence-corrected chi connectivity index (χ4v) is 2.13. The molecule has 0 aromatic heterocycles. The van der Waals surface area contributed by atoms with Gasteiger partial charge in [-0.2, -0.15) is 0 Å². The highest BCUT2D eigenvalue weighted by Gasteiger charge is 2.25. The number of carbonyl (C=O) groups is 1. The molecule has 1 aliphatic rings. The average Bonchev–Trinajstić information content (AvgIpc) is 2.68. The highest BCUT2D eigenvalue weighted by atomic mass is 79.9. The van der Waals surface area contributed by atoms with Crippen molar-refractivity contribution in [1.82, 2.24) is 0 Å². The molecule has 5 heteroatoms. The standard InChI is InChI=1S/C13H18N2O2.BrH/c1-3-14-10-15(9-13(16)17-4-2)12-8-6-5-7-11(12)14;/h5-8H,3-4,9-10H2,1-2H3;1H. The molecular formula is C13H19BrN2O2. The predicted molar refractivity (Wildman–Crippen MR) is 78.6 cm³/mol. The van der Waals surface area contributed by atoms with E-state index in [1.54, 1.807) is 0 Å². The second kappa shape index (κ2) is 6.64. The van der Waals surface area contributed by atoms with E-state index in [-0.39, 0.29) is 23.0 Å². The molecule has 1 aromatic rings. The van der Waals surface area contributed by atoms with Crippen molar-refractivity contribution in [3.05, 3.63) is 24.3 Å². The zero-order valence-corrected chi connectivity index (χ0v) is 12.5. The van der Waals surface area contributed by atoms with Crippen LogP contribution in [-0.2, 0) is 9.53 Å². The van der Waals surface area contributed by atoms with Crippen molar-refractivity contribution in [2.24, 2.45) is 0 Å². The topological polar surface area (TPSA) is 32.8 Å². The number of para-hydroxylation sites is 2. The summed E-state index contributed by atoms with van der Waals surface area (Å²) in [5.74, 6) is -0.166. The van der Waals surface area contributed by atoms with Gasteiger partial charge in [-0.1, -0.05) is 12.1 Å². The van der Waals surface area contributed by atoms with Crippen LogP contribution in [0.15, 0.2) is 24.3 Å². The molecular weight excluding hydrogens is 296 g/mol. The minimum atomic E-state index is -0.166. The fraction of sp³-hybridized carbons (Fsp3) is 0.462. The number of hydrogen-bond acceptors (Lipinski definition) is 4. The van der Waals surface area contributed by atoms with Crippen molar-refractivity contribution in [3.63, 3.8) is 0 Å². The lowest BCUT2D eigenvalue weighted by Gasteiger charge is -2.19. The first-order valence-corrected chi connectivity index (χ1v) is 6.00. The quantitative estimate of drug-likeness (QED) is 0.799. The third kappa shape index (κ3) is 2.96. The number of rotatable bonds is 4. The van der Waals surface area contributed by atoms with Crippen molar-refractivity contribution < 1.29 is 9.53 Å². The van der Waals surface area contributed by atoms with Gasteiger partial charge in [0.05, 0.1) is 24.7 Å². The van der Waals surface area contributed by atoms with Gasteiger partial charge in [0.2, 0.25) is 0 Å². The van der Waals surface area contributed by atoms with Gasteiger partial charge in [0.1, 0.15) is 6.54 Å². The van der Waals surface area contributed by atoms with E-state index in [4.69, 9.17) is 4.74 Å². The van der Waals surface area contributed by atoms with Gasteiger partial charge in [-0.05, 0) is 26.0 Å². The Morgan fingerprint density at radius 1 is 1.22 bits per heavy atom. The SMILES string of the molecule is Br.CCOC(=O)CN1CN(CC)c2ccccc21. The van der Waals surface area contributed by atoms with Crippen LogP contribution >= 0.6 is 17.0 Å². The van der Waals surface area contributed by atoms with Crippen LogP contribution in [0.1, 0.15) is 13.8 Å². The first kappa shape index (κ1) is 14.8. The number of carbonyl (C=O) groups excluding carboxylic acids is 1. The summed E-state index contributed by atoms with van der Waals surface area (Å²) in [5.41, 5.74) is 2.31. The van der Waals surface area contributed by atoms with E-state index in [0.29, 0.717) is 13.2 Å². The highest BCUT2D eigenvalue weighted by molar-refractivity contribution is 8.93. The molecule has 0 spiro atoms. The minimum Gasteiger partial charge on any atom is -0.465 e. The Morgan fingerprint density at radius 2 is 1.83 bits per heavy atom. The molecule has 18 heavy (non-hydrogen) atoms. The van der Waals surface area contributed by atoms with E-state index < -0.39 is 0 Å². The molecule has 0 radical (unpaired) electrons. The molecule has 0 unspecified atom stereocenters. The van der Waals surface area contributed by atoms with Crippen molar-refractivity contribution in [3.8, 4) is 0 Å². The molecule has 100 valence electrons. The minimum absolute atomic E-state index is 0. The smallest absolute Gasteiger partial charge is 0.325 e. The third-order valence-corrected chi connectivity index (χ3v) is 2.91. The van der Waals surface area contributed by atoms with E-state index in [1.807, 2.05) is 25.1 Å². The van der Waals surface area contributed by atoms with Crippen LogP contribution in [0.2, 0.25) is 0 Å². The van der Waals surface area contributed by atoms with Crippen molar-refractivity contribution in [1.29, 1.82) is 0 Å². The van der Waals surface area contributed by atoms with Crippen LogP contribution in [0, 0.1) is 0 Å². The summed E-state index contributed by atoms with van der Waals surface area (Å²) in [6, 6.07) is 8.15. The molecule has 4 nitrogen and oxygen atoms in total. The van der Waals surface area contributed by atoms with Crippen LogP contribution < -0.4 is 9.80 Å². The number of benzene rings is 1. The van der Waals surface area contributed by atoms with Crippen LogP contribution in [-0.4, -0.2) is 32.3 Å². The van der Waals surface area contributed by atoms with E-state index >= 15 is 0 Å². The molecule has 1 heterocycles.